The number of nitro groups is 1. The molecule has 0 spiro atoms. The third-order valence-corrected chi connectivity index (χ3v) is 4.68. The van der Waals surface area contributed by atoms with Gasteiger partial charge in [-0.05, 0) is 25.0 Å². The van der Waals surface area contributed by atoms with E-state index in [0.29, 0.717) is 29.6 Å². The van der Waals surface area contributed by atoms with Crippen molar-refractivity contribution in [3.8, 4) is 0 Å². The Bertz CT molecular complexity index is 1130. The van der Waals surface area contributed by atoms with Crippen molar-refractivity contribution in [2.24, 2.45) is 14.1 Å². The predicted molar refractivity (Wildman–Crippen MR) is 109 cm³/mol. The number of nitro benzene ring substituents is 1. The number of pyridine rings is 1. The van der Waals surface area contributed by atoms with Crippen LogP contribution in [0.15, 0.2) is 41.5 Å². The zero-order valence-electron chi connectivity index (χ0n) is 16.4. The van der Waals surface area contributed by atoms with Crippen molar-refractivity contribution in [2.75, 3.05) is 11.9 Å². The number of aromatic nitrogens is 3. The molecule has 10 nitrogen and oxygen atoms in total. The van der Waals surface area contributed by atoms with Gasteiger partial charge in [0.25, 0.3) is 11.2 Å². The maximum absolute atomic E-state index is 12.4. The van der Waals surface area contributed by atoms with E-state index in [0.717, 1.165) is 5.56 Å². The summed E-state index contributed by atoms with van der Waals surface area (Å²) in [6.45, 7) is 2.11. The molecule has 1 aromatic carbocycles. The number of fused-ring (bicyclic) bond motifs is 1. The summed E-state index contributed by atoms with van der Waals surface area (Å²) in [6.07, 6.45) is 4.27. The van der Waals surface area contributed by atoms with Crippen LogP contribution in [-0.2, 0) is 25.3 Å². The maximum Gasteiger partial charge on any atom is 0.270 e. The number of hydrogen-bond acceptors (Lipinski definition) is 6. The molecular formula is C19H22N6O4. The van der Waals surface area contributed by atoms with Crippen LogP contribution in [0.1, 0.15) is 12.5 Å². The van der Waals surface area contributed by atoms with Crippen LogP contribution >= 0.6 is 0 Å². The highest BCUT2D eigenvalue weighted by atomic mass is 16.6. The van der Waals surface area contributed by atoms with Crippen LogP contribution in [0.4, 0.5) is 11.4 Å². The molecule has 1 amide bonds. The second-order valence-corrected chi connectivity index (χ2v) is 6.84. The first-order chi connectivity index (χ1) is 13.8. The lowest BCUT2D eigenvalue weighted by Crippen LogP contribution is -2.38. The molecule has 0 fully saturated rings. The van der Waals surface area contributed by atoms with E-state index < -0.39 is 11.0 Å². The molecule has 152 valence electrons. The number of hydrogen-bond donors (Lipinski definition) is 2. The second kappa shape index (κ2) is 8.13. The number of carbonyl (C=O) groups excluding carboxylic acids is 1. The summed E-state index contributed by atoms with van der Waals surface area (Å²) in [4.78, 5) is 35.3. The second-order valence-electron chi connectivity index (χ2n) is 6.84. The molecule has 2 aromatic heterocycles. The minimum atomic E-state index is -0.640. The van der Waals surface area contributed by atoms with Crippen LogP contribution in [0, 0.1) is 10.1 Å². The smallest absolute Gasteiger partial charge is 0.270 e. The molecule has 0 saturated heterocycles. The summed E-state index contributed by atoms with van der Waals surface area (Å²) >= 11 is 0. The van der Waals surface area contributed by atoms with Gasteiger partial charge in [-0.3, -0.25) is 24.4 Å². The van der Waals surface area contributed by atoms with E-state index in [1.165, 1.54) is 28.8 Å². The Balaban J connectivity index is 1.76. The monoisotopic (exact) mass is 398 g/mol. The van der Waals surface area contributed by atoms with Crippen LogP contribution in [0.3, 0.4) is 0 Å². The molecule has 0 unspecified atom stereocenters. The summed E-state index contributed by atoms with van der Waals surface area (Å²) in [7, 11) is 3.42. The fourth-order valence-electron chi connectivity index (χ4n) is 3.06. The Morgan fingerprint density at radius 3 is 2.72 bits per heavy atom. The summed E-state index contributed by atoms with van der Waals surface area (Å²) in [6, 6.07) is 4.97. The fourth-order valence-corrected chi connectivity index (χ4v) is 3.06. The molecule has 0 bridgehead atoms. The van der Waals surface area contributed by atoms with E-state index in [1.54, 1.807) is 24.9 Å². The molecule has 3 aromatic rings. The van der Waals surface area contributed by atoms with Gasteiger partial charge in [-0.1, -0.05) is 0 Å². The molecule has 0 aliphatic rings. The summed E-state index contributed by atoms with van der Waals surface area (Å²) in [5.74, 6) is -0.242. The van der Waals surface area contributed by atoms with Crippen LogP contribution in [0.2, 0.25) is 0 Å². The largest absolute Gasteiger partial charge is 0.373 e. The zero-order valence-corrected chi connectivity index (χ0v) is 16.4. The number of rotatable bonds is 7. The molecule has 0 aliphatic carbocycles. The number of aryl methyl sites for hydroxylation is 2. The third-order valence-electron chi connectivity index (χ3n) is 4.68. The maximum atomic E-state index is 12.4. The lowest BCUT2D eigenvalue weighted by atomic mass is 10.1. The average Bonchev–Trinajstić information content (AvgIpc) is 3.10. The normalized spacial score (nSPS) is 12.0. The van der Waals surface area contributed by atoms with Gasteiger partial charge in [-0.2, -0.15) is 5.10 Å². The van der Waals surface area contributed by atoms with Crippen molar-refractivity contribution < 1.29 is 9.72 Å². The van der Waals surface area contributed by atoms with Crippen molar-refractivity contribution in [3.63, 3.8) is 0 Å². The minimum absolute atomic E-state index is 0.0900. The molecule has 3 rings (SSSR count). The number of amides is 1. The van der Waals surface area contributed by atoms with Crippen LogP contribution in [0.5, 0.6) is 0 Å². The van der Waals surface area contributed by atoms with Crippen LogP contribution in [0.25, 0.3) is 10.9 Å². The summed E-state index contributed by atoms with van der Waals surface area (Å²) < 4.78 is 3.10. The Hall–Kier alpha value is -3.69. The van der Waals surface area contributed by atoms with Gasteiger partial charge >= 0.3 is 0 Å². The van der Waals surface area contributed by atoms with Gasteiger partial charge in [0, 0.05) is 56.1 Å². The average molecular weight is 398 g/mol. The first-order valence-corrected chi connectivity index (χ1v) is 9.06. The van der Waals surface area contributed by atoms with Crippen molar-refractivity contribution in [2.45, 2.75) is 19.4 Å². The van der Waals surface area contributed by atoms with E-state index in [4.69, 9.17) is 0 Å². The first kappa shape index (κ1) is 20.1. The highest BCUT2D eigenvalue weighted by molar-refractivity contribution is 5.95. The summed E-state index contributed by atoms with van der Waals surface area (Å²) in [5.41, 5.74) is 1.56. The van der Waals surface area contributed by atoms with Gasteiger partial charge in [0.15, 0.2) is 0 Å². The van der Waals surface area contributed by atoms with E-state index >= 15 is 0 Å². The van der Waals surface area contributed by atoms with Gasteiger partial charge in [0.05, 0.1) is 16.6 Å². The highest BCUT2D eigenvalue weighted by Crippen LogP contribution is 2.26. The third kappa shape index (κ3) is 4.42. The molecule has 10 heteroatoms. The van der Waals surface area contributed by atoms with E-state index in [9.17, 15) is 19.7 Å². The van der Waals surface area contributed by atoms with Gasteiger partial charge in [-0.25, -0.2) is 0 Å². The fraction of sp³-hybridized carbons (Fsp3) is 0.316. The number of benzene rings is 1. The van der Waals surface area contributed by atoms with Gasteiger partial charge in [-0.15, -0.1) is 0 Å². The SMILES string of the molecule is C[C@H](Nc1cc(=O)n(C)c2ccc([N+](=O)[O-])cc12)C(=O)NCCc1cnn(C)c1. The van der Waals surface area contributed by atoms with Gasteiger partial charge in [0.1, 0.15) is 6.04 Å². The van der Waals surface area contributed by atoms with Gasteiger partial charge < -0.3 is 15.2 Å². The Kier molecular flexibility index (Phi) is 5.62. The lowest BCUT2D eigenvalue weighted by Gasteiger charge is -2.17. The Labute approximate surface area is 166 Å². The molecule has 2 N–H and O–H groups in total. The van der Waals surface area contributed by atoms with Crippen molar-refractivity contribution in [1.29, 1.82) is 0 Å². The molecule has 1 atom stereocenters. The lowest BCUT2D eigenvalue weighted by molar-refractivity contribution is -0.384. The predicted octanol–water partition coefficient (Wildman–Crippen LogP) is 1.34. The molecule has 2 heterocycles. The Morgan fingerprint density at radius 2 is 2.07 bits per heavy atom. The number of carbonyl (C=O) groups is 1. The number of nitrogens with one attached hydrogen (secondary N) is 2. The number of anilines is 1. The molecule has 0 saturated carbocycles. The summed E-state index contributed by atoms with van der Waals surface area (Å²) in [5, 5.41) is 21.5. The number of non-ortho nitro benzene ring substituents is 1. The number of nitrogens with zero attached hydrogens (tertiary/aromatic N) is 4. The molecule has 29 heavy (non-hydrogen) atoms. The van der Waals surface area contributed by atoms with Crippen molar-refractivity contribution in [3.05, 3.63) is 62.7 Å². The molecular weight excluding hydrogens is 376 g/mol. The van der Waals surface area contributed by atoms with Crippen LogP contribution in [-0.4, -0.2) is 37.8 Å². The zero-order chi connectivity index (χ0) is 21.1. The van der Waals surface area contributed by atoms with E-state index in [2.05, 4.69) is 15.7 Å². The topological polar surface area (TPSA) is 124 Å². The van der Waals surface area contributed by atoms with Crippen molar-refractivity contribution >= 4 is 28.2 Å². The van der Waals surface area contributed by atoms with E-state index in [-0.39, 0.29) is 17.2 Å². The van der Waals surface area contributed by atoms with Gasteiger partial charge in [0.2, 0.25) is 5.91 Å². The highest BCUT2D eigenvalue weighted by Gasteiger charge is 2.17. The minimum Gasteiger partial charge on any atom is -0.373 e. The van der Waals surface area contributed by atoms with E-state index in [1.807, 2.05) is 13.2 Å². The molecule has 0 radical (unpaired) electrons. The van der Waals surface area contributed by atoms with Crippen molar-refractivity contribution in [1.82, 2.24) is 19.7 Å². The quantitative estimate of drug-likeness (QED) is 0.457. The first-order valence-electron chi connectivity index (χ1n) is 9.06. The van der Waals surface area contributed by atoms with Crippen LogP contribution < -0.4 is 16.2 Å². The standard InChI is InChI=1S/C19H22N6O4/c1-12(19(27)20-7-6-13-10-21-23(2)11-13)22-16-9-18(26)24(3)17-5-4-14(25(28)29)8-15(16)17/h4-5,8-12,22H,6-7H2,1-3H3,(H,20,27)/t12-/m0/s1. The molecule has 0 aliphatic heterocycles. The Morgan fingerprint density at radius 1 is 1.31 bits per heavy atom.